The Balaban J connectivity index is 1.51. The Morgan fingerprint density at radius 1 is 1.17 bits per heavy atom. The van der Waals surface area contributed by atoms with Crippen molar-refractivity contribution in [1.82, 2.24) is 9.99 Å². The molecule has 2 aromatic carbocycles. The topological polar surface area (TPSA) is 103 Å². The second-order valence-corrected chi connectivity index (χ2v) is 6.38. The monoisotopic (exact) mass is 388 g/mol. The van der Waals surface area contributed by atoms with Gasteiger partial charge in [0.05, 0.1) is 16.8 Å². The molecule has 0 atom stereocenters. The number of nitrogens with one attached hydrogen (secondary N) is 1. The molecule has 144 valence electrons. The first-order valence-electron chi connectivity index (χ1n) is 8.78. The van der Waals surface area contributed by atoms with Crippen LogP contribution in [0, 0.1) is 17.0 Å². The number of hydrogen-bond donors (Lipinski definition) is 1. The fourth-order valence-corrected chi connectivity index (χ4v) is 3.02. The zero-order chi connectivity index (χ0) is 20.4. The number of hydrogen-bond acceptors (Lipinski definition) is 5. The van der Waals surface area contributed by atoms with E-state index < -0.39 is 10.8 Å². The normalized spacial score (nSPS) is 11.2. The van der Waals surface area contributed by atoms with Crippen molar-refractivity contribution in [2.45, 2.75) is 6.92 Å². The van der Waals surface area contributed by atoms with Crippen LogP contribution in [0.15, 0.2) is 76.4 Å². The van der Waals surface area contributed by atoms with Gasteiger partial charge in [-0.15, -0.1) is 0 Å². The molecular formula is C21H16N4O4. The summed E-state index contributed by atoms with van der Waals surface area (Å²) in [7, 11) is 0. The molecule has 4 rings (SSSR count). The van der Waals surface area contributed by atoms with Crippen molar-refractivity contribution in [3.05, 3.63) is 94.0 Å². The molecule has 0 unspecified atom stereocenters. The summed E-state index contributed by atoms with van der Waals surface area (Å²) in [5, 5.41) is 15.3. The molecular weight excluding hydrogens is 372 g/mol. The summed E-state index contributed by atoms with van der Waals surface area (Å²) >= 11 is 0. The van der Waals surface area contributed by atoms with Gasteiger partial charge >= 0.3 is 5.91 Å². The quantitative estimate of drug-likeness (QED) is 0.314. The maximum absolute atomic E-state index is 12.3. The second kappa shape index (κ2) is 7.43. The Labute approximate surface area is 165 Å². The van der Waals surface area contributed by atoms with Crippen molar-refractivity contribution >= 4 is 28.8 Å². The Kier molecular flexibility index (Phi) is 4.66. The number of nitrogens with zero attached hydrogens (tertiary/aromatic N) is 3. The average Bonchev–Trinajstić information content (AvgIpc) is 3.34. The second-order valence-electron chi connectivity index (χ2n) is 6.38. The van der Waals surface area contributed by atoms with Gasteiger partial charge in [-0.05, 0) is 42.8 Å². The molecule has 29 heavy (non-hydrogen) atoms. The van der Waals surface area contributed by atoms with Gasteiger partial charge in [0, 0.05) is 29.4 Å². The molecule has 1 amide bonds. The van der Waals surface area contributed by atoms with Gasteiger partial charge in [-0.1, -0.05) is 18.2 Å². The first kappa shape index (κ1) is 18.2. The Hall–Kier alpha value is -4.20. The fraction of sp³-hybridized carbons (Fsp3) is 0.0476. The van der Waals surface area contributed by atoms with Crippen LogP contribution in [0.25, 0.3) is 16.7 Å². The minimum atomic E-state index is -0.547. The van der Waals surface area contributed by atoms with Crippen molar-refractivity contribution in [3.8, 4) is 5.69 Å². The maximum atomic E-state index is 12.3. The van der Waals surface area contributed by atoms with E-state index in [1.807, 2.05) is 54.1 Å². The van der Waals surface area contributed by atoms with Crippen molar-refractivity contribution in [2.75, 3.05) is 0 Å². The fourth-order valence-electron chi connectivity index (χ4n) is 3.02. The van der Waals surface area contributed by atoms with Gasteiger partial charge in [0.15, 0.2) is 5.76 Å². The number of carbonyl (C=O) groups is 1. The van der Waals surface area contributed by atoms with Crippen LogP contribution in [-0.2, 0) is 0 Å². The van der Waals surface area contributed by atoms with E-state index in [-0.39, 0.29) is 11.4 Å². The number of nitro benzene ring substituents is 1. The van der Waals surface area contributed by atoms with Crippen LogP contribution < -0.4 is 5.43 Å². The van der Waals surface area contributed by atoms with Gasteiger partial charge in [0.1, 0.15) is 5.58 Å². The van der Waals surface area contributed by atoms with E-state index in [4.69, 9.17) is 4.42 Å². The Morgan fingerprint density at radius 3 is 2.79 bits per heavy atom. The largest absolute Gasteiger partial charge is 0.451 e. The molecule has 0 aliphatic carbocycles. The number of furan rings is 1. The molecule has 8 heteroatoms. The van der Waals surface area contributed by atoms with Crippen molar-refractivity contribution < 1.29 is 14.1 Å². The van der Waals surface area contributed by atoms with E-state index in [1.165, 1.54) is 30.5 Å². The standard InChI is InChI=1S/C21H16N4O4/c1-14-5-2-3-7-18(14)24-10-4-6-17(24)13-22-23-21(26)20-12-15-11-16(25(27)28)8-9-19(15)29-20/h2-13H,1H3,(H,23,26)/b22-13-. The van der Waals surface area contributed by atoms with E-state index in [2.05, 4.69) is 10.5 Å². The van der Waals surface area contributed by atoms with Gasteiger partial charge in [0.2, 0.25) is 0 Å². The van der Waals surface area contributed by atoms with Gasteiger partial charge in [-0.3, -0.25) is 14.9 Å². The third-order valence-electron chi connectivity index (χ3n) is 4.45. The highest BCUT2D eigenvalue weighted by Gasteiger charge is 2.14. The highest BCUT2D eigenvalue weighted by molar-refractivity contribution is 5.96. The summed E-state index contributed by atoms with van der Waals surface area (Å²) in [4.78, 5) is 22.7. The lowest BCUT2D eigenvalue weighted by Crippen LogP contribution is -2.17. The molecule has 0 aliphatic rings. The van der Waals surface area contributed by atoms with E-state index in [0.29, 0.717) is 11.0 Å². The Bertz CT molecular complexity index is 1250. The number of para-hydroxylation sites is 1. The number of nitro groups is 1. The smallest absolute Gasteiger partial charge is 0.307 e. The van der Waals surface area contributed by atoms with Crippen molar-refractivity contribution in [3.63, 3.8) is 0 Å². The van der Waals surface area contributed by atoms with E-state index >= 15 is 0 Å². The van der Waals surface area contributed by atoms with E-state index in [0.717, 1.165) is 16.9 Å². The average molecular weight is 388 g/mol. The van der Waals surface area contributed by atoms with Crippen LogP contribution in [0.5, 0.6) is 0 Å². The van der Waals surface area contributed by atoms with Crippen LogP contribution in [0.3, 0.4) is 0 Å². The predicted octanol–water partition coefficient (Wildman–Crippen LogP) is 4.20. The molecule has 0 spiro atoms. The van der Waals surface area contributed by atoms with Crippen LogP contribution >= 0.6 is 0 Å². The van der Waals surface area contributed by atoms with Gasteiger partial charge in [-0.25, -0.2) is 5.43 Å². The lowest BCUT2D eigenvalue weighted by Gasteiger charge is -2.09. The number of non-ortho nitro benzene ring substituents is 1. The highest BCUT2D eigenvalue weighted by Crippen LogP contribution is 2.24. The first-order chi connectivity index (χ1) is 14.0. The van der Waals surface area contributed by atoms with Crippen LogP contribution in [0.1, 0.15) is 21.8 Å². The van der Waals surface area contributed by atoms with E-state index in [1.54, 1.807) is 0 Å². The summed E-state index contributed by atoms with van der Waals surface area (Å²) in [6.45, 7) is 2.02. The number of rotatable bonds is 5. The van der Waals surface area contributed by atoms with Crippen LogP contribution in [0.2, 0.25) is 0 Å². The number of aryl methyl sites for hydroxylation is 1. The molecule has 0 saturated carbocycles. The van der Waals surface area contributed by atoms with Crippen LogP contribution in [0.4, 0.5) is 5.69 Å². The maximum Gasteiger partial charge on any atom is 0.307 e. The number of amides is 1. The third-order valence-corrected chi connectivity index (χ3v) is 4.45. The molecule has 4 aromatic rings. The summed E-state index contributed by atoms with van der Waals surface area (Å²) in [5.41, 5.74) is 5.66. The number of aromatic nitrogens is 1. The summed E-state index contributed by atoms with van der Waals surface area (Å²) in [5.74, 6) is -0.527. The highest BCUT2D eigenvalue weighted by atomic mass is 16.6. The summed E-state index contributed by atoms with van der Waals surface area (Å²) in [6.07, 6.45) is 3.45. The van der Waals surface area contributed by atoms with Crippen LogP contribution in [-0.4, -0.2) is 21.6 Å². The lowest BCUT2D eigenvalue weighted by molar-refractivity contribution is -0.384. The zero-order valence-corrected chi connectivity index (χ0v) is 15.4. The zero-order valence-electron chi connectivity index (χ0n) is 15.4. The number of fused-ring (bicyclic) bond motifs is 1. The Morgan fingerprint density at radius 2 is 2.00 bits per heavy atom. The van der Waals surface area contributed by atoms with Gasteiger partial charge < -0.3 is 8.98 Å². The first-order valence-corrected chi connectivity index (χ1v) is 8.78. The predicted molar refractivity (Wildman–Crippen MR) is 108 cm³/mol. The van der Waals surface area contributed by atoms with Gasteiger partial charge in [-0.2, -0.15) is 5.10 Å². The molecule has 0 saturated heterocycles. The number of hydrazone groups is 1. The van der Waals surface area contributed by atoms with Crippen molar-refractivity contribution in [1.29, 1.82) is 0 Å². The minimum absolute atomic E-state index is 0.0203. The number of carbonyl (C=O) groups excluding carboxylic acids is 1. The van der Waals surface area contributed by atoms with Crippen molar-refractivity contribution in [2.24, 2.45) is 5.10 Å². The van der Waals surface area contributed by atoms with Gasteiger partial charge in [0.25, 0.3) is 5.69 Å². The molecule has 2 heterocycles. The molecule has 2 aromatic heterocycles. The molecule has 0 bridgehead atoms. The lowest BCUT2D eigenvalue weighted by atomic mass is 10.2. The number of benzene rings is 2. The SMILES string of the molecule is Cc1ccccc1-n1cccc1/C=N\NC(=O)c1cc2cc([N+](=O)[O-])ccc2o1. The summed E-state index contributed by atoms with van der Waals surface area (Å²) in [6, 6.07) is 17.3. The molecule has 8 nitrogen and oxygen atoms in total. The molecule has 0 aliphatic heterocycles. The summed E-state index contributed by atoms with van der Waals surface area (Å²) < 4.78 is 7.41. The molecule has 0 fully saturated rings. The minimum Gasteiger partial charge on any atom is -0.451 e. The molecule has 1 N–H and O–H groups in total. The third kappa shape index (κ3) is 3.63. The molecule has 0 radical (unpaired) electrons. The van der Waals surface area contributed by atoms with E-state index in [9.17, 15) is 14.9 Å².